The van der Waals surface area contributed by atoms with Crippen molar-refractivity contribution in [3.05, 3.63) is 29.6 Å². The van der Waals surface area contributed by atoms with Crippen LogP contribution in [-0.4, -0.2) is 5.60 Å². The lowest BCUT2D eigenvalue weighted by Gasteiger charge is -2.38. The van der Waals surface area contributed by atoms with Crippen molar-refractivity contribution in [2.45, 2.75) is 43.7 Å². The number of nitrogens with two attached hydrogens (primary N) is 1. The molecule has 0 saturated heterocycles. The van der Waals surface area contributed by atoms with Gasteiger partial charge in [-0.1, -0.05) is 6.07 Å². The van der Waals surface area contributed by atoms with Crippen molar-refractivity contribution in [1.29, 1.82) is 0 Å². The SMILES string of the molecule is N[C@H]1CC2(CCCC2)Oc2cc(F)ccc21. The molecular formula is C13H16FNO. The molecule has 1 aromatic carbocycles. The van der Waals surface area contributed by atoms with Gasteiger partial charge in [-0.25, -0.2) is 4.39 Å². The highest BCUT2D eigenvalue weighted by Crippen LogP contribution is 2.46. The van der Waals surface area contributed by atoms with E-state index >= 15 is 0 Å². The normalized spacial score (nSPS) is 26.5. The van der Waals surface area contributed by atoms with Crippen LogP contribution in [0, 0.1) is 5.82 Å². The van der Waals surface area contributed by atoms with Gasteiger partial charge in [0.15, 0.2) is 0 Å². The molecule has 0 unspecified atom stereocenters. The third kappa shape index (κ3) is 1.50. The number of benzene rings is 1. The van der Waals surface area contributed by atoms with Gasteiger partial charge in [-0.3, -0.25) is 0 Å². The topological polar surface area (TPSA) is 35.2 Å². The summed E-state index contributed by atoms with van der Waals surface area (Å²) in [5.41, 5.74) is 6.98. The number of rotatable bonds is 0. The summed E-state index contributed by atoms with van der Waals surface area (Å²) >= 11 is 0. The van der Waals surface area contributed by atoms with Gasteiger partial charge >= 0.3 is 0 Å². The minimum absolute atomic E-state index is 0.0116. The maximum absolute atomic E-state index is 13.2. The van der Waals surface area contributed by atoms with E-state index < -0.39 is 0 Å². The molecule has 2 aliphatic rings. The van der Waals surface area contributed by atoms with E-state index in [1.165, 1.54) is 25.0 Å². The fourth-order valence-electron chi connectivity index (χ4n) is 3.01. The number of ether oxygens (including phenoxy) is 1. The lowest BCUT2D eigenvalue weighted by molar-refractivity contribution is 0.0422. The fourth-order valence-corrected chi connectivity index (χ4v) is 3.01. The smallest absolute Gasteiger partial charge is 0.127 e. The second-order valence-electron chi connectivity index (χ2n) is 4.98. The van der Waals surface area contributed by atoms with Crippen LogP contribution >= 0.6 is 0 Å². The summed E-state index contributed by atoms with van der Waals surface area (Å²) in [6.07, 6.45) is 5.35. The molecule has 1 heterocycles. The van der Waals surface area contributed by atoms with Crippen LogP contribution in [-0.2, 0) is 0 Å². The molecule has 0 aromatic heterocycles. The Kier molecular flexibility index (Phi) is 2.18. The maximum atomic E-state index is 13.2. The quantitative estimate of drug-likeness (QED) is 0.731. The molecular weight excluding hydrogens is 205 g/mol. The number of halogens is 1. The first-order chi connectivity index (χ1) is 7.69. The minimum atomic E-state index is -0.249. The Morgan fingerprint density at radius 3 is 2.81 bits per heavy atom. The third-order valence-electron chi connectivity index (χ3n) is 3.81. The molecule has 1 fully saturated rings. The summed E-state index contributed by atoms with van der Waals surface area (Å²) < 4.78 is 19.2. The van der Waals surface area contributed by atoms with Crippen LogP contribution in [0.1, 0.15) is 43.7 Å². The predicted molar refractivity (Wildman–Crippen MR) is 59.8 cm³/mol. The molecule has 2 N–H and O–H groups in total. The van der Waals surface area contributed by atoms with Crippen LogP contribution in [0.2, 0.25) is 0 Å². The van der Waals surface area contributed by atoms with E-state index in [2.05, 4.69) is 0 Å². The van der Waals surface area contributed by atoms with Gasteiger partial charge in [-0.2, -0.15) is 0 Å². The van der Waals surface area contributed by atoms with E-state index in [1.54, 1.807) is 6.07 Å². The first-order valence-electron chi connectivity index (χ1n) is 5.93. The van der Waals surface area contributed by atoms with E-state index in [9.17, 15) is 4.39 Å². The molecule has 3 rings (SSSR count). The van der Waals surface area contributed by atoms with Crippen molar-refractivity contribution < 1.29 is 9.13 Å². The summed E-state index contributed by atoms with van der Waals surface area (Å²) in [7, 11) is 0. The molecule has 1 atom stereocenters. The van der Waals surface area contributed by atoms with Crippen LogP contribution in [0.5, 0.6) is 5.75 Å². The van der Waals surface area contributed by atoms with Crippen molar-refractivity contribution in [3.8, 4) is 5.75 Å². The van der Waals surface area contributed by atoms with Crippen LogP contribution < -0.4 is 10.5 Å². The highest BCUT2D eigenvalue weighted by atomic mass is 19.1. The van der Waals surface area contributed by atoms with Gasteiger partial charge < -0.3 is 10.5 Å². The molecule has 1 saturated carbocycles. The summed E-state index contributed by atoms with van der Waals surface area (Å²) in [5, 5.41) is 0. The summed E-state index contributed by atoms with van der Waals surface area (Å²) in [4.78, 5) is 0. The van der Waals surface area contributed by atoms with Crippen molar-refractivity contribution in [3.63, 3.8) is 0 Å². The number of hydrogen-bond donors (Lipinski definition) is 1. The number of hydrogen-bond acceptors (Lipinski definition) is 2. The molecule has 16 heavy (non-hydrogen) atoms. The highest BCUT2D eigenvalue weighted by Gasteiger charge is 2.41. The second kappa shape index (κ2) is 3.45. The van der Waals surface area contributed by atoms with Gasteiger partial charge in [0.1, 0.15) is 17.2 Å². The molecule has 1 spiro atoms. The van der Waals surface area contributed by atoms with Gasteiger partial charge in [0.25, 0.3) is 0 Å². The van der Waals surface area contributed by atoms with Gasteiger partial charge in [0, 0.05) is 24.1 Å². The molecule has 0 amide bonds. The average Bonchev–Trinajstić information content (AvgIpc) is 2.65. The maximum Gasteiger partial charge on any atom is 0.127 e. The Bertz CT molecular complexity index is 412. The second-order valence-corrected chi connectivity index (χ2v) is 4.98. The molecule has 0 bridgehead atoms. The molecule has 1 aliphatic heterocycles. The first kappa shape index (κ1) is 10.1. The molecule has 0 radical (unpaired) electrons. The largest absolute Gasteiger partial charge is 0.487 e. The zero-order chi connectivity index (χ0) is 11.2. The predicted octanol–water partition coefficient (Wildman–Crippen LogP) is 2.92. The van der Waals surface area contributed by atoms with E-state index in [-0.39, 0.29) is 17.5 Å². The van der Waals surface area contributed by atoms with Crippen LogP contribution in [0.25, 0.3) is 0 Å². The number of fused-ring (bicyclic) bond motifs is 1. The Morgan fingerprint density at radius 1 is 1.31 bits per heavy atom. The highest BCUT2D eigenvalue weighted by molar-refractivity contribution is 5.39. The zero-order valence-corrected chi connectivity index (χ0v) is 9.21. The van der Waals surface area contributed by atoms with Crippen LogP contribution in [0.4, 0.5) is 4.39 Å². The third-order valence-corrected chi connectivity index (χ3v) is 3.81. The molecule has 1 aliphatic carbocycles. The fraction of sp³-hybridized carbons (Fsp3) is 0.538. The van der Waals surface area contributed by atoms with Gasteiger partial charge in [-0.15, -0.1) is 0 Å². The standard InChI is InChI=1S/C13H16FNO/c14-9-3-4-10-11(15)8-13(5-1-2-6-13)16-12(10)7-9/h3-4,7,11H,1-2,5-6,8,15H2/t11-/m0/s1. The van der Waals surface area contributed by atoms with Crippen molar-refractivity contribution in [2.24, 2.45) is 5.73 Å². The van der Waals surface area contributed by atoms with Gasteiger partial charge in [0.05, 0.1) is 0 Å². The lowest BCUT2D eigenvalue weighted by Crippen LogP contribution is -2.40. The summed E-state index contributed by atoms with van der Waals surface area (Å²) in [6.45, 7) is 0. The van der Waals surface area contributed by atoms with Crippen LogP contribution in [0.15, 0.2) is 18.2 Å². The molecule has 86 valence electrons. The van der Waals surface area contributed by atoms with E-state index in [0.717, 1.165) is 24.8 Å². The van der Waals surface area contributed by atoms with E-state index in [0.29, 0.717) is 5.75 Å². The Morgan fingerprint density at radius 2 is 2.06 bits per heavy atom. The van der Waals surface area contributed by atoms with E-state index in [4.69, 9.17) is 10.5 Å². The van der Waals surface area contributed by atoms with Gasteiger partial charge in [0.2, 0.25) is 0 Å². The molecule has 3 heteroatoms. The summed E-state index contributed by atoms with van der Waals surface area (Å²) in [6, 6.07) is 4.66. The lowest BCUT2D eigenvalue weighted by atomic mass is 9.86. The minimum Gasteiger partial charge on any atom is -0.487 e. The monoisotopic (exact) mass is 221 g/mol. The van der Waals surface area contributed by atoms with E-state index in [1.807, 2.05) is 0 Å². The Hall–Kier alpha value is -1.09. The van der Waals surface area contributed by atoms with Crippen molar-refractivity contribution in [2.75, 3.05) is 0 Å². The van der Waals surface area contributed by atoms with Crippen LogP contribution in [0.3, 0.4) is 0 Å². The van der Waals surface area contributed by atoms with Crippen molar-refractivity contribution in [1.82, 2.24) is 0 Å². The molecule has 1 aromatic rings. The average molecular weight is 221 g/mol. The van der Waals surface area contributed by atoms with Crippen molar-refractivity contribution >= 4 is 0 Å². The first-order valence-corrected chi connectivity index (χ1v) is 5.93. The van der Waals surface area contributed by atoms with Gasteiger partial charge in [-0.05, 0) is 31.7 Å². The summed E-state index contributed by atoms with van der Waals surface area (Å²) in [5.74, 6) is 0.404. The Labute approximate surface area is 94.6 Å². The zero-order valence-electron chi connectivity index (χ0n) is 9.21. The molecule has 2 nitrogen and oxygen atoms in total. The Balaban J connectivity index is 2.00.